The van der Waals surface area contributed by atoms with E-state index < -0.39 is 0 Å². The fourth-order valence-corrected chi connectivity index (χ4v) is 22.3. The Hall–Kier alpha value is -0.120. The van der Waals surface area contributed by atoms with E-state index in [0.717, 1.165) is 125 Å². The van der Waals surface area contributed by atoms with Gasteiger partial charge in [-0.2, -0.15) is 0 Å². The van der Waals surface area contributed by atoms with E-state index in [1.165, 1.54) is 193 Å². The van der Waals surface area contributed by atoms with Gasteiger partial charge in [0.25, 0.3) is 0 Å². The van der Waals surface area contributed by atoms with Crippen LogP contribution in [0.25, 0.3) is 0 Å². The van der Waals surface area contributed by atoms with Gasteiger partial charge in [0.05, 0.1) is 0 Å². The minimum atomic E-state index is 0.885. The van der Waals surface area contributed by atoms with Crippen LogP contribution in [0.15, 0.2) is 0 Å². The van der Waals surface area contributed by atoms with Crippen molar-refractivity contribution >= 4 is 0 Å². The molecule has 3 heteroatoms. The standard InChI is InChI=1S/C72H129N3/c1-7-52-19-13-25-67(43-52)73(68-26-14-20-53(8-2)44-68)64-37-31-58(32-38-64)61-49-62(59-33-39-65(40-34-59)74(69-27-15-21-54(9-3)45-69)70-28-16-22-55(10-4)46-70)51-63(50-61)60-35-41-66(42-36-60)75(71-29-17-23-56(11-5)47-71)72-30-18-24-57(12-6)48-72/h52-72H,7-51H2,1-6H3. The van der Waals surface area contributed by atoms with Crippen molar-refractivity contribution in [2.75, 3.05) is 0 Å². The molecular formula is C72H129N3. The Morgan fingerprint density at radius 2 is 0.373 bits per heavy atom. The number of hydrogen-bond acceptors (Lipinski definition) is 3. The quantitative estimate of drug-likeness (QED) is 0.135. The van der Waals surface area contributed by atoms with Gasteiger partial charge >= 0.3 is 0 Å². The highest BCUT2D eigenvalue weighted by Crippen LogP contribution is 2.54. The topological polar surface area (TPSA) is 9.72 Å². The highest BCUT2D eigenvalue weighted by Gasteiger charge is 2.47. The molecule has 0 aliphatic heterocycles. The average molecular weight is 1040 g/mol. The number of rotatable bonds is 18. The maximum Gasteiger partial charge on any atom is 0.0104 e. The molecule has 75 heavy (non-hydrogen) atoms. The van der Waals surface area contributed by atoms with E-state index in [0.29, 0.717) is 0 Å². The third kappa shape index (κ3) is 14.6. The van der Waals surface area contributed by atoms with Gasteiger partial charge in [-0.1, -0.05) is 157 Å². The first-order valence-electron chi connectivity index (χ1n) is 36.2. The summed E-state index contributed by atoms with van der Waals surface area (Å²) in [5.74, 6) is 12.0. The maximum atomic E-state index is 3.34. The highest BCUT2D eigenvalue weighted by atomic mass is 15.2. The highest BCUT2D eigenvalue weighted by molar-refractivity contribution is 5.00. The molecule has 0 amide bonds. The molecule has 10 aliphatic carbocycles. The molecule has 0 radical (unpaired) electrons. The van der Waals surface area contributed by atoms with Crippen molar-refractivity contribution in [3.05, 3.63) is 0 Å². The first kappa shape index (κ1) is 58.1. The fourth-order valence-electron chi connectivity index (χ4n) is 22.3. The Morgan fingerprint density at radius 1 is 0.187 bits per heavy atom. The monoisotopic (exact) mass is 1040 g/mol. The van der Waals surface area contributed by atoms with Gasteiger partial charge in [0, 0.05) is 54.4 Å². The second-order valence-corrected chi connectivity index (χ2v) is 30.6. The van der Waals surface area contributed by atoms with Crippen LogP contribution in [-0.2, 0) is 0 Å². The summed E-state index contributed by atoms with van der Waals surface area (Å²) in [5, 5.41) is 0. The number of nitrogens with zero attached hydrogens (tertiary/aromatic N) is 3. The lowest BCUT2D eigenvalue weighted by atomic mass is 9.58. The molecule has 0 saturated heterocycles. The third-order valence-corrected chi connectivity index (χ3v) is 26.8. The molecule has 0 N–H and O–H groups in total. The van der Waals surface area contributed by atoms with E-state index in [9.17, 15) is 0 Å². The molecule has 12 atom stereocenters. The second-order valence-electron chi connectivity index (χ2n) is 30.6. The van der Waals surface area contributed by atoms with Crippen molar-refractivity contribution in [3.8, 4) is 0 Å². The molecule has 3 nitrogen and oxygen atoms in total. The molecule has 0 bridgehead atoms. The number of hydrogen-bond donors (Lipinski definition) is 0. The van der Waals surface area contributed by atoms with Crippen molar-refractivity contribution in [3.63, 3.8) is 0 Å². The van der Waals surface area contributed by atoms with Crippen LogP contribution < -0.4 is 0 Å². The second kappa shape index (κ2) is 28.7. The summed E-state index contributed by atoms with van der Waals surface area (Å²) >= 11 is 0. The van der Waals surface area contributed by atoms with Crippen molar-refractivity contribution in [1.82, 2.24) is 14.7 Å². The van der Waals surface area contributed by atoms with Gasteiger partial charge in [-0.3, -0.25) is 14.7 Å². The largest absolute Gasteiger partial charge is 0.294 e. The lowest BCUT2D eigenvalue weighted by molar-refractivity contribution is -0.0288. The fraction of sp³-hybridized carbons (Fsp3) is 1.00. The normalized spacial score (nSPS) is 45.0. The van der Waals surface area contributed by atoms with Gasteiger partial charge in [0.15, 0.2) is 0 Å². The van der Waals surface area contributed by atoms with E-state index in [4.69, 9.17) is 0 Å². The first-order valence-corrected chi connectivity index (χ1v) is 36.2. The minimum Gasteiger partial charge on any atom is -0.294 e. The molecule has 0 aromatic heterocycles. The van der Waals surface area contributed by atoms with Crippen LogP contribution in [0, 0.1) is 71.0 Å². The third-order valence-electron chi connectivity index (χ3n) is 26.8. The van der Waals surface area contributed by atoms with Crippen LogP contribution >= 0.6 is 0 Å². The molecular weight excluding hydrogens is 907 g/mol. The first-order chi connectivity index (χ1) is 36.8. The van der Waals surface area contributed by atoms with E-state index >= 15 is 0 Å². The molecule has 0 aromatic rings. The molecule has 10 saturated carbocycles. The summed E-state index contributed by atoms with van der Waals surface area (Å²) in [7, 11) is 0. The molecule has 0 aromatic carbocycles. The predicted molar refractivity (Wildman–Crippen MR) is 323 cm³/mol. The van der Waals surface area contributed by atoms with Crippen LogP contribution in [0.5, 0.6) is 0 Å². The smallest absolute Gasteiger partial charge is 0.0104 e. The van der Waals surface area contributed by atoms with Gasteiger partial charge in [-0.25, -0.2) is 0 Å². The SMILES string of the molecule is CCC1CCCC(N(C2CCC(C3CC(C4CCC(N(C5CCCC(CC)C5)C5CCCC(CC)C5)CC4)CC(C4CCC(N(C5CCCC(CC)C5)C5CCCC(CC)C5)CC4)C3)CC2)C2CCCC(CC)C2)C1. The van der Waals surface area contributed by atoms with E-state index in [2.05, 4.69) is 56.2 Å². The molecule has 10 aliphatic rings. The van der Waals surface area contributed by atoms with E-state index in [1.807, 2.05) is 0 Å². The van der Waals surface area contributed by atoms with Crippen molar-refractivity contribution < 1.29 is 0 Å². The summed E-state index contributed by atoms with van der Waals surface area (Å²) in [6.07, 6.45) is 68.4. The van der Waals surface area contributed by atoms with Crippen molar-refractivity contribution in [2.45, 2.75) is 385 Å². The van der Waals surface area contributed by atoms with Crippen LogP contribution in [0.3, 0.4) is 0 Å². The minimum absolute atomic E-state index is 0.885. The Balaban J connectivity index is 0.845. The lowest BCUT2D eigenvalue weighted by Crippen LogP contribution is -2.54. The summed E-state index contributed by atoms with van der Waals surface area (Å²) in [6, 6.07) is 8.00. The zero-order valence-electron chi connectivity index (χ0n) is 51.3. The summed E-state index contributed by atoms with van der Waals surface area (Å²) in [6.45, 7) is 15.1. The Kier molecular flexibility index (Phi) is 22.2. The Labute approximate surface area is 468 Å². The molecule has 12 unspecified atom stereocenters. The van der Waals surface area contributed by atoms with Crippen LogP contribution in [0.1, 0.15) is 330 Å². The van der Waals surface area contributed by atoms with E-state index in [1.54, 1.807) is 96.3 Å². The van der Waals surface area contributed by atoms with Crippen LogP contribution in [0.4, 0.5) is 0 Å². The zero-order chi connectivity index (χ0) is 51.7. The van der Waals surface area contributed by atoms with Gasteiger partial charge in [0.2, 0.25) is 0 Å². The lowest BCUT2D eigenvalue weighted by Gasteiger charge is -2.53. The molecule has 10 rings (SSSR count). The molecule has 10 fully saturated rings. The Bertz CT molecular complexity index is 1340. The molecule has 0 spiro atoms. The zero-order valence-corrected chi connectivity index (χ0v) is 51.3. The summed E-state index contributed by atoms with van der Waals surface area (Å²) in [4.78, 5) is 10.0. The summed E-state index contributed by atoms with van der Waals surface area (Å²) in [5.41, 5.74) is 0. The van der Waals surface area contributed by atoms with Gasteiger partial charge in [0.1, 0.15) is 0 Å². The van der Waals surface area contributed by atoms with Gasteiger partial charge < -0.3 is 0 Å². The molecule has 0 heterocycles. The van der Waals surface area contributed by atoms with E-state index in [-0.39, 0.29) is 0 Å². The maximum absolute atomic E-state index is 3.34. The predicted octanol–water partition coefficient (Wildman–Crippen LogP) is 20.4. The Morgan fingerprint density at radius 3 is 0.547 bits per heavy atom. The van der Waals surface area contributed by atoms with Crippen molar-refractivity contribution in [1.29, 1.82) is 0 Å². The van der Waals surface area contributed by atoms with Gasteiger partial charge in [-0.15, -0.1) is 0 Å². The summed E-state index contributed by atoms with van der Waals surface area (Å²) < 4.78 is 0. The van der Waals surface area contributed by atoms with Crippen molar-refractivity contribution in [2.24, 2.45) is 71.0 Å². The van der Waals surface area contributed by atoms with Crippen LogP contribution in [-0.4, -0.2) is 69.1 Å². The average Bonchev–Trinajstić information content (AvgIpc) is 3.48. The van der Waals surface area contributed by atoms with Crippen LogP contribution in [0.2, 0.25) is 0 Å². The molecule has 432 valence electrons. The van der Waals surface area contributed by atoms with Gasteiger partial charge in [-0.05, 0) is 244 Å².